The van der Waals surface area contributed by atoms with Gasteiger partial charge in [-0.05, 0) is 42.5 Å². The van der Waals surface area contributed by atoms with Gasteiger partial charge >= 0.3 is 5.97 Å². The van der Waals surface area contributed by atoms with Crippen molar-refractivity contribution < 1.29 is 19.4 Å². The molecule has 144 valence electrons. The molecule has 2 N–H and O–H groups in total. The zero-order valence-electron chi connectivity index (χ0n) is 16.0. The van der Waals surface area contributed by atoms with Crippen molar-refractivity contribution >= 4 is 11.9 Å². The summed E-state index contributed by atoms with van der Waals surface area (Å²) in [5.74, 6) is -0.978. The molecule has 5 heteroatoms. The van der Waals surface area contributed by atoms with Gasteiger partial charge in [0.2, 0.25) is 5.91 Å². The smallest absolute Gasteiger partial charge is 0.308 e. The van der Waals surface area contributed by atoms with Crippen LogP contribution in [0.25, 0.3) is 0 Å². The van der Waals surface area contributed by atoms with Crippen molar-refractivity contribution in [2.45, 2.75) is 38.6 Å². The van der Waals surface area contributed by atoms with Crippen molar-refractivity contribution in [2.24, 2.45) is 5.92 Å². The molecule has 0 radical (unpaired) electrons. The molecule has 2 rings (SSSR count). The Morgan fingerprint density at radius 3 is 2.19 bits per heavy atom. The van der Waals surface area contributed by atoms with E-state index in [1.165, 1.54) is 0 Å². The van der Waals surface area contributed by atoms with E-state index < -0.39 is 17.9 Å². The second-order valence-corrected chi connectivity index (χ2v) is 6.67. The maximum Gasteiger partial charge on any atom is 0.308 e. The van der Waals surface area contributed by atoms with E-state index >= 15 is 0 Å². The lowest BCUT2D eigenvalue weighted by atomic mass is 9.91. The molecule has 2 aromatic carbocycles. The van der Waals surface area contributed by atoms with Crippen LogP contribution < -0.4 is 10.1 Å². The van der Waals surface area contributed by atoms with E-state index in [0.29, 0.717) is 6.42 Å². The number of methoxy groups -OCH3 is 1. The number of carbonyl (C=O) groups excluding carboxylic acids is 1. The predicted molar refractivity (Wildman–Crippen MR) is 105 cm³/mol. The fourth-order valence-electron chi connectivity index (χ4n) is 3.13. The molecule has 3 atom stereocenters. The Balaban J connectivity index is 2.12. The normalized spacial score (nSPS) is 14.0. The minimum atomic E-state index is -0.939. The molecule has 1 amide bonds. The van der Waals surface area contributed by atoms with Crippen molar-refractivity contribution in [1.29, 1.82) is 0 Å². The number of nitrogens with one attached hydrogen (secondary N) is 1. The molecular weight excluding hydrogens is 342 g/mol. The second-order valence-electron chi connectivity index (χ2n) is 6.67. The van der Waals surface area contributed by atoms with E-state index in [-0.39, 0.29) is 11.8 Å². The van der Waals surface area contributed by atoms with Crippen LogP contribution in [0.15, 0.2) is 54.6 Å². The first kappa shape index (κ1) is 20.5. The molecule has 0 saturated heterocycles. The van der Waals surface area contributed by atoms with E-state index in [4.69, 9.17) is 4.74 Å². The van der Waals surface area contributed by atoms with Gasteiger partial charge in [-0.3, -0.25) is 9.59 Å². The van der Waals surface area contributed by atoms with Gasteiger partial charge in [-0.15, -0.1) is 0 Å². The molecule has 0 aromatic heterocycles. The van der Waals surface area contributed by atoms with Crippen LogP contribution in [-0.4, -0.2) is 24.1 Å². The van der Waals surface area contributed by atoms with Crippen LogP contribution >= 0.6 is 0 Å². The van der Waals surface area contributed by atoms with E-state index in [2.05, 4.69) is 5.32 Å². The molecule has 0 aliphatic rings. The Kier molecular flexibility index (Phi) is 7.41. The quantitative estimate of drug-likeness (QED) is 0.696. The van der Waals surface area contributed by atoms with Gasteiger partial charge in [-0.1, -0.05) is 49.4 Å². The van der Waals surface area contributed by atoms with Gasteiger partial charge in [0, 0.05) is 6.42 Å². The molecular formula is C22H27NO4. The minimum absolute atomic E-state index is 0.0625. The van der Waals surface area contributed by atoms with Crippen LogP contribution in [0.3, 0.4) is 0 Å². The Morgan fingerprint density at radius 2 is 1.67 bits per heavy atom. The first-order valence-corrected chi connectivity index (χ1v) is 9.17. The Labute approximate surface area is 160 Å². The number of ether oxygens (including phenoxy) is 1. The van der Waals surface area contributed by atoms with E-state index in [1.54, 1.807) is 14.0 Å². The number of hydrogen-bond acceptors (Lipinski definition) is 3. The SMILES string of the molecule is CCC(CC(=O)NC(c1ccccc1)C(C)C(=O)O)c1ccc(OC)cc1. The topological polar surface area (TPSA) is 75.6 Å². The lowest BCUT2D eigenvalue weighted by molar-refractivity contribution is -0.142. The largest absolute Gasteiger partial charge is 0.497 e. The number of carboxylic acid groups (broad SMARTS) is 1. The highest BCUT2D eigenvalue weighted by Crippen LogP contribution is 2.27. The third kappa shape index (κ3) is 5.58. The summed E-state index contributed by atoms with van der Waals surface area (Å²) in [6.45, 7) is 3.65. The van der Waals surface area contributed by atoms with Gasteiger partial charge in [0.05, 0.1) is 19.1 Å². The summed E-state index contributed by atoms with van der Waals surface area (Å²) >= 11 is 0. The monoisotopic (exact) mass is 369 g/mol. The van der Waals surface area contributed by atoms with Crippen LogP contribution in [0.2, 0.25) is 0 Å². The van der Waals surface area contributed by atoms with E-state index in [0.717, 1.165) is 23.3 Å². The fraction of sp³-hybridized carbons (Fsp3) is 0.364. The highest BCUT2D eigenvalue weighted by Gasteiger charge is 2.27. The third-order valence-electron chi connectivity index (χ3n) is 4.88. The van der Waals surface area contributed by atoms with E-state index in [9.17, 15) is 14.7 Å². The third-order valence-corrected chi connectivity index (χ3v) is 4.88. The van der Waals surface area contributed by atoms with Crippen LogP contribution in [0.1, 0.15) is 49.8 Å². The highest BCUT2D eigenvalue weighted by molar-refractivity contribution is 5.79. The molecule has 3 unspecified atom stereocenters. The summed E-state index contributed by atoms with van der Waals surface area (Å²) in [5.41, 5.74) is 1.86. The average Bonchev–Trinajstić information content (AvgIpc) is 2.70. The molecule has 2 aromatic rings. The van der Waals surface area contributed by atoms with Gasteiger partial charge in [0.15, 0.2) is 0 Å². The zero-order valence-corrected chi connectivity index (χ0v) is 16.0. The van der Waals surface area contributed by atoms with Crippen molar-refractivity contribution in [3.05, 3.63) is 65.7 Å². The standard InChI is InChI=1S/C22H27NO4/c1-4-16(17-10-12-19(27-3)13-11-17)14-20(24)23-21(15(2)22(25)26)18-8-6-5-7-9-18/h5-13,15-16,21H,4,14H2,1-3H3,(H,23,24)(H,25,26). The maximum atomic E-state index is 12.7. The average molecular weight is 369 g/mol. The van der Waals surface area contributed by atoms with Gasteiger partial charge in [-0.2, -0.15) is 0 Å². The molecule has 5 nitrogen and oxygen atoms in total. The molecule has 0 fully saturated rings. The lowest BCUT2D eigenvalue weighted by Gasteiger charge is -2.24. The minimum Gasteiger partial charge on any atom is -0.497 e. The van der Waals surface area contributed by atoms with Gasteiger partial charge in [-0.25, -0.2) is 0 Å². The molecule has 27 heavy (non-hydrogen) atoms. The number of carboxylic acids is 1. The zero-order chi connectivity index (χ0) is 19.8. The van der Waals surface area contributed by atoms with Gasteiger partial charge in [0.25, 0.3) is 0 Å². The summed E-state index contributed by atoms with van der Waals surface area (Å²) in [4.78, 5) is 24.2. The Hall–Kier alpha value is -2.82. The Bertz CT molecular complexity index is 743. The number of hydrogen-bond donors (Lipinski definition) is 2. The first-order valence-electron chi connectivity index (χ1n) is 9.17. The predicted octanol–water partition coefficient (Wildman–Crippen LogP) is 4.16. The summed E-state index contributed by atoms with van der Waals surface area (Å²) in [7, 11) is 1.62. The molecule has 0 heterocycles. The van der Waals surface area contributed by atoms with Crippen LogP contribution in [0, 0.1) is 5.92 Å². The molecule has 0 aliphatic heterocycles. The van der Waals surface area contributed by atoms with Crippen molar-refractivity contribution in [1.82, 2.24) is 5.32 Å². The maximum absolute atomic E-state index is 12.7. The molecule has 0 saturated carbocycles. The highest BCUT2D eigenvalue weighted by atomic mass is 16.5. The number of rotatable bonds is 9. The van der Waals surface area contributed by atoms with Crippen LogP contribution in [0.5, 0.6) is 5.75 Å². The fourth-order valence-corrected chi connectivity index (χ4v) is 3.13. The van der Waals surface area contributed by atoms with Crippen molar-refractivity contribution in [3.63, 3.8) is 0 Å². The van der Waals surface area contributed by atoms with Gasteiger partial charge < -0.3 is 15.2 Å². The molecule has 0 spiro atoms. The second kappa shape index (κ2) is 9.76. The van der Waals surface area contributed by atoms with Crippen LogP contribution in [-0.2, 0) is 9.59 Å². The number of benzene rings is 2. The summed E-state index contributed by atoms with van der Waals surface area (Å²) in [6, 6.07) is 16.4. The summed E-state index contributed by atoms with van der Waals surface area (Å²) < 4.78 is 5.18. The number of aliphatic carboxylic acids is 1. The first-order chi connectivity index (χ1) is 13.0. The van der Waals surface area contributed by atoms with Gasteiger partial charge in [0.1, 0.15) is 5.75 Å². The number of amides is 1. The van der Waals surface area contributed by atoms with Crippen LogP contribution in [0.4, 0.5) is 0 Å². The summed E-state index contributed by atoms with van der Waals surface area (Å²) in [5, 5.41) is 12.3. The molecule has 0 bridgehead atoms. The molecule has 0 aliphatic carbocycles. The number of carbonyl (C=O) groups is 2. The Morgan fingerprint density at radius 1 is 1.04 bits per heavy atom. The summed E-state index contributed by atoms with van der Waals surface area (Å²) in [6.07, 6.45) is 1.11. The lowest BCUT2D eigenvalue weighted by Crippen LogP contribution is -2.36. The van der Waals surface area contributed by atoms with Crippen molar-refractivity contribution in [2.75, 3.05) is 7.11 Å². The van der Waals surface area contributed by atoms with Crippen molar-refractivity contribution in [3.8, 4) is 5.75 Å². The van der Waals surface area contributed by atoms with E-state index in [1.807, 2.05) is 61.5 Å².